The van der Waals surface area contributed by atoms with Crippen LogP contribution in [0.2, 0.25) is 0 Å². The molecule has 2 nitrogen and oxygen atoms in total. The zero-order valence-corrected chi connectivity index (χ0v) is 12.8. The minimum atomic E-state index is 0.0393. The summed E-state index contributed by atoms with van der Waals surface area (Å²) in [6, 6.07) is 15.1. The summed E-state index contributed by atoms with van der Waals surface area (Å²) in [7, 11) is 0. The number of nitrogens with two attached hydrogens (primary N) is 1. The molecule has 0 saturated carbocycles. The van der Waals surface area contributed by atoms with Gasteiger partial charge in [-0.1, -0.05) is 56.3 Å². The molecule has 20 heavy (non-hydrogen) atoms. The monoisotopic (exact) mass is 268 g/mol. The van der Waals surface area contributed by atoms with Gasteiger partial charge in [-0.15, -0.1) is 0 Å². The van der Waals surface area contributed by atoms with Crippen LogP contribution in [0.5, 0.6) is 0 Å². The number of hydrogen-bond donors (Lipinski definition) is 2. The molecule has 0 aliphatic rings. The van der Waals surface area contributed by atoms with E-state index in [-0.39, 0.29) is 6.04 Å². The second-order valence-electron chi connectivity index (χ2n) is 5.73. The molecule has 1 atom stereocenters. The van der Waals surface area contributed by atoms with Crippen LogP contribution in [0.1, 0.15) is 53.6 Å². The molecule has 0 aliphatic heterocycles. The fourth-order valence-corrected chi connectivity index (χ4v) is 2.70. The first-order chi connectivity index (χ1) is 9.54. The van der Waals surface area contributed by atoms with E-state index in [9.17, 15) is 0 Å². The van der Waals surface area contributed by atoms with Crippen LogP contribution in [0.15, 0.2) is 42.5 Å². The average molecular weight is 268 g/mol. The van der Waals surface area contributed by atoms with Gasteiger partial charge in [-0.25, -0.2) is 5.43 Å². The van der Waals surface area contributed by atoms with Gasteiger partial charge in [0, 0.05) is 0 Å². The van der Waals surface area contributed by atoms with Crippen molar-refractivity contribution in [3.05, 3.63) is 70.3 Å². The third-order valence-electron chi connectivity index (χ3n) is 3.93. The Labute approximate surface area is 122 Å². The van der Waals surface area contributed by atoms with Crippen molar-refractivity contribution in [2.75, 3.05) is 0 Å². The lowest BCUT2D eigenvalue weighted by Crippen LogP contribution is -2.30. The number of benzene rings is 2. The molecule has 0 fully saturated rings. The maximum atomic E-state index is 5.82. The van der Waals surface area contributed by atoms with E-state index >= 15 is 0 Å². The Morgan fingerprint density at radius 3 is 1.80 bits per heavy atom. The summed E-state index contributed by atoms with van der Waals surface area (Å²) in [6.45, 7) is 8.68. The van der Waals surface area contributed by atoms with Gasteiger partial charge in [0.2, 0.25) is 0 Å². The van der Waals surface area contributed by atoms with E-state index in [2.05, 4.69) is 75.6 Å². The minimum absolute atomic E-state index is 0.0393. The molecule has 2 heteroatoms. The Hall–Kier alpha value is -1.64. The topological polar surface area (TPSA) is 38.0 Å². The summed E-state index contributed by atoms with van der Waals surface area (Å²) < 4.78 is 0. The smallest absolute Gasteiger partial charge is 0.0715 e. The predicted octanol–water partition coefficient (Wildman–Crippen LogP) is 3.98. The zero-order chi connectivity index (χ0) is 14.7. The first kappa shape index (κ1) is 14.8. The van der Waals surface area contributed by atoms with Crippen LogP contribution in [0, 0.1) is 13.8 Å². The minimum Gasteiger partial charge on any atom is -0.271 e. The normalized spacial score (nSPS) is 12.7. The molecule has 3 N–H and O–H groups in total. The van der Waals surface area contributed by atoms with Gasteiger partial charge in [0.1, 0.15) is 0 Å². The molecule has 0 bridgehead atoms. The van der Waals surface area contributed by atoms with Gasteiger partial charge in [-0.2, -0.15) is 0 Å². The predicted molar refractivity (Wildman–Crippen MR) is 85.6 cm³/mol. The highest BCUT2D eigenvalue weighted by Gasteiger charge is 2.16. The molecule has 2 rings (SSSR count). The number of hydrogen-bond acceptors (Lipinski definition) is 2. The van der Waals surface area contributed by atoms with Crippen LogP contribution < -0.4 is 11.3 Å². The molecular formula is C18H24N2. The van der Waals surface area contributed by atoms with Crippen molar-refractivity contribution >= 4 is 0 Å². The van der Waals surface area contributed by atoms with E-state index in [0.29, 0.717) is 5.92 Å². The van der Waals surface area contributed by atoms with Gasteiger partial charge >= 0.3 is 0 Å². The summed E-state index contributed by atoms with van der Waals surface area (Å²) in [5.41, 5.74) is 9.32. The Kier molecular flexibility index (Phi) is 4.58. The lowest BCUT2D eigenvalue weighted by molar-refractivity contribution is 0.630. The van der Waals surface area contributed by atoms with Crippen molar-refractivity contribution in [1.29, 1.82) is 0 Å². The third-order valence-corrected chi connectivity index (χ3v) is 3.93. The van der Waals surface area contributed by atoms with Crippen LogP contribution in [-0.2, 0) is 0 Å². The third kappa shape index (κ3) is 2.92. The number of rotatable bonds is 4. The van der Waals surface area contributed by atoms with Crippen molar-refractivity contribution in [3.63, 3.8) is 0 Å². The van der Waals surface area contributed by atoms with Gasteiger partial charge in [0.25, 0.3) is 0 Å². The SMILES string of the molecule is Cc1cccc(C)c1C(NN)c1ccc(C(C)C)cc1. The standard InChI is InChI=1S/C18H24N2/c1-12(2)15-8-10-16(11-9-15)18(20-19)17-13(3)6-5-7-14(17)4/h5-12,18,20H,19H2,1-4H3. The van der Waals surface area contributed by atoms with Gasteiger partial charge in [-0.3, -0.25) is 5.84 Å². The number of nitrogens with one attached hydrogen (secondary N) is 1. The summed E-state index contributed by atoms with van der Waals surface area (Å²) in [5.74, 6) is 6.37. The van der Waals surface area contributed by atoms with Crippen molar-refractivity contribution in [2.24, 2.45) is 5.84 Å². The Balaban J connectivity index is 2.42. The second-order valence-corrected chi connectivity index (χ2v) is 5.73. The van der Waals surface area contributed by atoms with Crippen molar-refractivity contribution in [3.8, 4) is 0 Å². The van der Waals surface area contributed by atoms with Crippen LogP contribution >= 0.6 is 0 Å². The van der Waals surface area contributed by atoms with Crippen molar-refractivity contribution < 1.29 is 0 Å². The average Bonchev–Trinajstić information content (AvgIpc) is 2.43. The second kappa shape index (κ2) is 6.21. The van der Waals surface area contributed by atoms with Crippen LogP contribution in [0.25, 0.3) is 0 Å². The molecular weight excluding hydrogens is 244 g/mol. The first-order valence-electron chi connectivity index (χ1n) is 7.16. The highest BCUT2D eigenvalue weighted by atomic mass is 15.2. The maximum absolute atomic E-state index is 5.82. The highest BCUT2D eigenvalue weighted by Crippen LogP contribution is 2.28. The van der Waals surface area contributed by atoms with Gasteiger partial charge in [0.05, 0.1) is 6.04 Å². The van der Waals surface area contributed by atoms with E-state index in [0.717, 1.165) is 0 Å². The lowest BCUT2D eigenvalue weighted by atomic mass is 9.90. The summed E-state index contributed by atoms with van der Waals surface area (Å²) in [6.07, 6.45) is 0. The molecule has 0 saturated heterocycles. The maximum Gasteiger partial charge on any atom is 0.0715 e. The van der Waals surface area contributed by atoms with Crippen molar-refractivity contribution in [1.82, 2.24) is 5.43 Å². The molecule has 2 aromatic rings. The quantitative estimate of drug-likeness (QED) is 0.650. The van der Waals surface area contributed by atoms with Crippen LogP contribution in [0.3, 0.4) is 0 Å². The number of aryl methyl sites for hydroxylation is 2. The van der Waals surface area contributed by atoms with Gasteiger partial charge in [0.15, 0.2) is 0 Å². The molecule has 0 radical (unpaired) electrons. The Morgan fingerprint density at radius 1 is 0.850 bits per heavy atom. The summed E-state index contributed by atoms with van der Waals surface area (Å²) in [4.78, 5) is 0. The molecule has 0 heterocycles. The molecule has 0 aromatic heterocycles. The van der Waals surface area contributed by atoms with Crippen molar-refractivity contribution in [2.45, 2.75) is 39.7 Å². The van der Waals surface area contributed by atoms with E-state index in [1.807, 2.05) is 0 Å². The Bertz CT molecular complexity index is 550. The van der Waals surface area contributed by atoms with E-state index in [1.54, 1.807) is 0 Å². The molecule has 0 aliphatic carbocycles. The molecule has 2 aromatic carbocycles. The van der Waals surface area contributed by atoms with Gasteiger partial charge in [-0.05, 0) is 47.6 Å². The van der Waals surface area contributed by atoms with Crippen LogP contribution in [-0.4, -0.2) is 0 Å². The van der Waals surface area contributed by atoms with Gasteiger partial charge < -0.3 is 0 Å². The number of hydrazine groups is 1. The summed E-state index contributed by atoms with van der Waals surface area (Å²) >= 11 is 0. The molecule has 0 spiro atoms. The zero-order valence-electron chi connectivity index (χ0n) is 12.8. The largest absolute Gasteiger partial charge is 0.271 e. The lowest BCUT2D eigenvalue weighted by Gasteiger charge is -2.22. The first-order valence-corrected chi connectivity index (χ1v) is 7.16. The fraction of sp³-hybridized carbons (Fsp3) is 0.333. The fourth-order valence-electron chi connectivity index (χ4n) is 2.70. The molecule has 106 valence electrons. The molecule has 1 unspecified atom stereocenters. The van der Waals surface area contributed by atoms with E-state index in [4.69, 9.17) is 5.84 Å². The van der Waals surface area contributed by atoms with Crippen LogP contribution in [0.4, 0.5) is 0 Å². The van der Waals surface area contributed by atoms with E-state index in [1.165, 1.54) is 27.8 Å². The van der Waals surface area contributed by atoms with E-state index < -0.39 is 0 Å². The molecule has 0 amide bonds. The summed E-state index contributed by atoms with van der Waals surface area (Å²) in [5, 5.41) is 0. The Morgan fingerprint density at radius 2 is 1.35 bits per heavy atom. The highest BCUT2D eigenvalue weighted by molar-refractivity contribution is 5.42.